The second-order valence-corrected chi connectivity index (χ2v) is 9.81. The molecule has 3 aromatic rings. The second kappa shape index (κ2) is 7.52. The number of pyridine rings is 1. The lowest BCUT2D eigenvalue weighted by atomic mass is 9.60. The number of nitrogens with zero attached hydrogens (tertiary/aromatic N) is 1. The first-order chi connectivity index (χ1) is 14.3. The number of rotatable bonds is 5. The lowest BCUT2D eigenvalue weighted by Gasteiger charge is -2.46. The fraction of sp³-hybridized carbons (Fsp3) is 0.483. The molecular formula is C29H38N+. The first-order valence-corrected chi connectivity index (χ1v) is 11.9. The molecule has 0 saturated carbocycles. The van der Waals surface area contributed by atoms with Crippen molar-refractivity contribution in [3.8, 4) is 11.3 Å². The third-order valence-electron chi connectivity index (χ3n) is 8.48. The summed E-state index contributed by atoms with van der Waals surface area (Å²) in [5, 5.41) is 2.86. The third-order valence-corrected chi connectivity index (χ3v) is 8.48. The summed E-state index contributed by atoms with van der Waals surface area (Å²) in [5.74, 6) is 0. The van der Waals surface area contributed by atoms with E-state index >= 15 is 0 Å². The van der Waals surface area contributed by atoms with Crippen molar-refractivity contribution in [2.75, 3.05) is 0 Å². The highest BCUT2D eigenvalue weighted by molar-refractivity contribution is 5.99. The zero-order valence-corrected chi connectivity index (χ0v) is 20.0. The van der Waals surface area contributed by atoms with Gasteiger partial charge in [-0.2, -0.15) is 4.57 Å². The summed E-state index contributed by atoms with van der Waals surface area (Å²) >= 11 is 0. The Labute approximate surface area is 183 Å². The van der Waals surface area contributed by atoms with E-state index in [0.717, 1.165) is 19.3 Å². The Kier molecular flexibility index (Phi) is 5.29. The predicted molar refractivity (Wildman–Crippen MR) is 129 cm³/mol. The lowest BCUT2D eigenvalue weighted by Crippen LogP contribution is -2.67. The van der Waals surface area contributed by atoms with Crippen LogP contribution >= 0.6 is 0 Å². The van der Waals surface area contributed by atoms with Gasteiger partial charge < -0.3 is 0 Å². The molecular weight excluding hydrogens is 362 g/mol. The fourth-order valence-corrected chi connectivity index (χ4v) is 5.79. The van der Waals surface area contributed by atoms with Crippen molar-refractivity contribution in [1.82, 2.24) is 0 Å². The zero-order valence-electron chi connectivity index (χ0n) is 20.0. The molecule has 0 radical (unpaired) electrons. The van der Waals surface area contributed by atoms with Crippen LogP contribution < -0.4 is 4.57 Å². The molecule has 0 amide bonds. The second-order valence-electron chi connectivity index (χ2n) is 9.81. The van der Waals surface area contributed by atoms with E-state index in [1.54, 1.807) is 0 Å². The van der Waals surface area contributed by atoms with Gasteiger partial charge in [0, 0.05) is 25.0 Å². The summed E-state index contributed by atoms with van der Waals surface area (Å²) in [6.07, 6.45) is 8.32. The molecule has 30 heavy (non-hydrogen) atoms. The van der Waals surface area contributed by atoms with Gasteiger partial charge in [-0.3, -0.25) is 0 Å². The van der Waals surface area contributed by atoms with Crippen molar-refractivity contribution in [2.24, 2.45) is 0 Å². The van der Waals surface area contributed by atoms with Gasteiger partial charge in [0.25, 0.3) is 0 Å². The zero-order chi connectivity index (χ0) is 21.7. The van der Waals surface area contributed by atoms with Crippen LogP contribution in [0.15, 0.2) is 42.6 Å². The average molecular weight is 401 g/mol. The van der Waals surface area contributed by atoms with Crippen LogP contribution in [-0.2, 0) is 17.4 Å². The maximum absolute atomic E-state index is 2.62. The molecule has 0 aliphatic carbocycles. The van der Waals surface area contributed by atoms with Crippen molar-refractivity contribution in [3.05, 3.63) is 64.8 Å². The molecule has 0 N–H and O–H groups in total. The standard InChI is InChI=1S/C29H38N/c1-8-11-13-22-14-12-15-24-23(22)16-17-25-27(24)26-18-20(4)21(5)19-30(26)29(7,10-3)28(25,6)9-2/h12,14-19H,8-11,13H2,1-7H3/q+1. The molecule has 2 unspecified atom stereocenters. The number of unbranched alkanes of at least 4 members (excludes halogenated alkanes) is 1. The van der Waals surface area contributed by atoms with Crippen LogP contribution in [-0.4, -0.2) is 0 Å². The summed E-state index contributed by atoms with van der Waals surface area (Å²) in [4.78, 5) is 0. The van der Waals surface area contributed by atoms with Gasteiger partial charge in [0.2, 0.25) is 5.69 Å². The molecule has 158 valence electrons. The van der Waals surface area contributed by atoms with Gasteiger partial charge in [-0.15, -0.1) is 0 Å². The molecule has 4 rings (SSSR count). The highest BCUT2D eigenvalue weighted by Gasteiger charge is 2.56. The lowest BCUT2D eigenvalue weighted by molar-refractivity contribution is -0.765. The minimum Gasteiger partial charge on any atom is -0.192 e. The molecule has 1 aromatic heterocycles. The molecule has 1 aliphatic heterocycles. The quantitative estimate of drug-likeness (QED) is 0.389. The van der Waals surface area contributed by atoms with Gasteiger partial charge in [-0.05, 0) is 67.5 Å². The van der Waals surface area contributed by atoms with Crippen LogP contribution in [0.1, 0.15) is 82.6 Å². The van der Waals surface area contributed by atoms with Crippen molar-refractivity contribution >= 4 is 10.8 Å². The fourth-order valence-electron chi connectivity index (χ4n) is 5.79. The topological polar surface area (TPSA) is 3.88 Å². The van der Waals surface area contributed by atoms with Gasteiger partial charge in [0.1, 0.15) is 0 Å². The summed E-state index contributed by atoms with van der Waals surface area (Å²) < 4.78 is 2.62. The minimum absolute atomic E-state index is 0.0516. The maximum atomic E-state index is 2.62. The van der Waals surface area contributed by atoms with Crippen molar-refractivity contribution in [2.45, 2.75) is 91.5 Å². The van der Waals surface area contributed by atoms with Crippen LogP contribution in [0, 0.1) is 13.8 Å². The van der Waals surface area contributed by atoms with E-state index in [2.05, 4.69) is 95.6 Å². The Balaban J connectivity index is 2.14. The summed E-state index contributed by atoms with van der Waals surface area (Å²) in [7, 11) is 0. The smallest absolute Gasteiger partial charge is 0.192 e. The van der Waals surface area contributed by atoms with E-state index in [9.17, 15) is 0 Å². The SMILES string of the molecule is CCCCc1cccc2c3c(ccc12)C(C)(CC)C(C)(CC)[n+]1cc(C)c(C)cc1-3. The summed E-state index contributed by atoms with van der Waals surface area (Å²) in [6, 6.07) is 14.3. The number of benzene rings is 2. The van der Waals surface area contributed by atoms with E-state index in [1.807, 2.05) is 0 Å². The molecule has 0 saturated heterocycles. The number of aromatic nitrogens is 1. The number of fused-ring (bicyclic) bond motifs is 5. The minimum atomic E-state index is 0.0516. The normalized spacial score (nSPS) is 22.8. The van der Waals surface area contributed by atoms with Gasteiger partial charge in [0.05, 0.1) is 11.0 Å². The molecule has 2 heterocycles. The Hall–Kier alpha value is -2.15. The van der Waals surface area contributed by atoms with Gasteiger partial charge in [0.15, 0.2) is 11.7 Å². The predicted octanol–water partition coefficient (Wildman–Crippen LogP) is 7.56. The molecule has 1 aliphatic rings. The highest BCUT2D eigenvalue weighted by Crippen LogP contribution is 2.51. The first-order valence-electron chi connectivity index (χ1n) is 11.9. The van der Waals surface area contributed by atoms with Crippen LogP contribution in [0.25, 0.3) is 22.0 Å². The van der Waals surface area contributed by atoms with Gasteiger partial charge in [-0.25, -0.2) is 0 Å². The highest BCUT2D eigenvalue weighted by atomic mass is 15.1. The van der Waals surface area contributed by atoms with E-state index < -0.39 is 0 Å². The Morgan fingerprint density at radius 1 is 0.867 bits per heavy atom. The largest absolute Gasteiger partial charge is 0.214 e. The van der Waals surface area contributed by atoms with Crippen LogP contribution in [0.4, 0.5) is 0 Å². The van der Waals surface area contributed by atoms with Gasteiger partial charge in [-0.1, -0.05) is 57.5 Å². The van der Waals surface area contributed by atoms with Crippen LogP contribution in [0.3, 0.4) is 0 Å². The maximum Gasteiger partial charge on any atom is 0.214 e. The van der Waals surface area contributed by atoms with Gasteiger partial charge >= 0.3 is 0 Å². The molecule has 2 atom stereocenters. The Bertz CT molecular complexity index is 1110. The van der Waals surface area contributed by atoms with Crippen molar-refractivity contribution in [1.29, 1.82) is 0 Å². The molecule has 0 spiro atoms. The van der Waals surface area contributed by atoms with E-state index in [-0.39, 0.29) is 11.0 Å². The molecule has 0 bridgehead atoms. The van der Waals surface area contributed by atoms with E-state index in [1.165, 1.54) is 57.1 Å². The number of hydrogen-bond donors (Lipinski definition) is 0. The third kappa shape index (κ3) is 2.77. The van der Waals surface area contributed by atoms with E-state index in [0.29, 0.717) is 0 Å². The van der Waals surface area contributed by atoms with Crippen LogP contribution in [0.5, 0.6) is 0 Å². The summed E-state index contributed by atoms with van der Waals surface area (Å²) in [6.45, 7) is 16.5. The monoisotopic (exact) mass is 400 g/mol. The molecule has 2 aromatic carbocycles. The Morgan fingerprint density at radius 2 is 1.63 bits per heavy atom. The van der Waals surface area contributed by atoms with Crippen LogP contribution in [0.2, 0.25) is 0 Å². The average Bonchev–Trinajstić information content (AvgIpc) is 2.76. The van der Waals surface area contributed by atoms with Crippen molar-refractivity contribution in [3.63, 3.8) is 0 Å². The first kappa shape index (κ1) is 21.1. The van der Waals surface area contributed by atoms with E-state index in [4.69, 9.17) is 0 Å². The Morgan fingerprint density at radius 3 is 2.30 bits per heavy atom. The number of hydrogen-bond acceptors (Lipinski definition) is 0. The number of aryl methyl sites for hydroxylation is 3. The summed E-state index contributed by atoms with van der Waals surface area (Å²) in [5.41, 5.74) is 8.77. The molecule has 1 heteroatoms. The molecule has 1 nitrogen and oxygen atoms in total. The molecule has 0 fully saturated rings. The van der Waals surface area contributed by atoms with Crippen molar-refractivity contribution < 1.29 is 4.57 Å².